The Balaban J connectivity index is 1.69. The summed E-state index contributed by atoms with van der Waals surface area (Å²) in [4.78, 5) is 25.9. The second-order valence-corrected chi connectivity index (χ2v) is 6.58. The number of hydrogen-bond donors (Lipinski definition) is 1. The second kappa shape index (κ2) is 8.04. The number of nitrogens with zero attached hydrogens (tertiary/aromatic N) is 1. The minimum Gasteiger partial charge on any atom is -0.497 e. The molecule has 1 heterocycles. The number of amides is 2. The molecule has 5 nitrogen and oxygen atoms in total. The third kappa shape index (κ3) is 4.23. The number of anilines is 1. The third-order valence-corrected chi connectivity index (χ3v) is 4.68. The minimum absolute atomic E-state index is 0.105. The molecule has 1 saturated heterocycles. The fraction of sp³-hybridized carbons (Fsp3) is 0.333. The van der Waals surface area contributed by atoms with Crippen LogP contribution in [0.25, 0.3) is 0 Å². The number of rotatable bonds is 5. The Labute approximate surface area is 154 Å². The highest BCUT2D eigenvalue weighted by Crippen LogP contribution is 2.33. The number of benzene rings is 2. The molecule has 2 aromatic carbocycles. The molecule has 1 aliphatic heterocycles. The van der Waals surface area contributed by atoms with Gasteiger partial charge in [0, 0.05) is 19.2 Å². The van der Waals surface area contributed by atoms with E-state index >= 15 is 0 Å². The van der Waals surface area contributed by atoms with Crippen LogP contribution in [0, 0.1) is 0 Å². The van der Waals surface area contributed by atoms with E-state index in [1.807, 2.05) is 47.4 Å². The van der Waals surface area contributed by atoms with Crippen LogP contribution in [0.4, 0.5) is 5.69 Å². The third-order valence-electron chi connectivity index (χ3n) is 4.68. The maximum Gasteiger partial charge on any atom is 0.227 e. The van der Waals surface area contributed by atoms with E-state index < -0.39 is 0 Å². The number of carbonyl (C=O) groups is 2. The van der Waals surface area contributed by atoms with Gasteiger partial charge in [0.05, 0.1) is 19.6 Å². The Morgan fingerprint density at radius 1 is 1.19 bits per heavy atom. The van der Waals surface area contributed by atoms with Gasteiger partial charge in [-0.3, -0.25) is 9.59 Å². The molecular weight excluding hydrogens is 328 g/mol. The number of hydrogen-bond acceptors (Lipinski definition) is 3. The van der Waals surface area contributed by atoms with Crippen LogP contribution < -0.4 is 10.1 Å². The molecule has 0 spiro atoms. The maximum atomic E-state index is 12.8. The van der Waals surface area contributed by atoms with E-state index in [-0.39, 0.29) is 17.9 Å². The topological polar surface area (TPSA) is 58.6 Å². The quantitative estimate of drug-likeness (QED) is 0.895. The Morgan fingerprint density at radius 3 is 2.65 bits per heavy atom. The van der Waals surface area contributed by atoms with Gasteiger partial charge in [0.25, 0.3) is 0 Å². The Morgan fingerprint density at radius 2 is 1.96 bits per heavy atom. The summed E-state index contributed by atoms with van der Waals surface area (Å²) < 4.78 is 5.31. The summed E-state index contributed by atoms with van der Waals surface area (Å²) in [5.74, 6) is 0.838. The molecule has 0 radical (unpaired) electrons. The molecule has 0 aromatic heterocycles. The van der Waals surface area contributed by atoms with Crippen molar-refractivity contribution in [1.29, 1.82) is 0 Å². The first-order valence-corrected chi connectivity index (χ1v) is 8.87. The van der Waals surface area contributed by atoms with Crippen molar-refractivity contribution < 1.29 is 14.3 Å². The summed E-state index contributed by atoms with van der Waals surface area (Å²) in [5.41, 5.74) is 2.81. The molecule has 5 heteroatoms. The zero-order valence-electron chi connectivity index (χ0n) is 15.2. The number of nitrogens with one attached hydrogen (secondary N) is 1. The van der Waals surface area contributed by atoms with E-state index in [0.29, 0.717) is 6.42 Å². The van der Waals surface area contributed by atoms with E-state index in [9.17, 15) is 9.59 Å². The number of ether oxygens (including phenoxy) is 1. The lowest BCUT2D eigenvalue weighted by molar-refractivity contribution is -0.131. The molecule has 1 N–H and O–H groups in total. The summed E-state index contributed by atoms with van der Waals surface area (Å²) in [7, 11) is 1.65. The van der Waals surface area contributed by atoms with Crippen LogP contribution in [0.2, 0.25) is 0 Å². The van der Waals surface area contributed by atoms with Gasteiger partial charge in [0.1, 0.15) is 5.75 Å². The van der Waals surface area contributed by atoms with Gasteiger partial charge in [-0.1, -0.05) is 24.3 Å². The van der Waals surface area contributed by atoms with Crippen molar-refractivity contribution in [2.24, 2.45) is 0 Å². The molecule has 0 aliphatic carbocycles. The Hall–Kier alpha value is -2.82. The zero-order valence-corrected chi connectivity index (χ0v) is 15.2. The van der Waals surface area contributed by atoms with Gasteiger partial charge in [-0.25, -0.2) is 0 Å². The van der Waals surface area contributed by atoms with Crippen LogP contribution in [-0.4, -0.2) is 30.4 Å². The number of carbonyl (C=O) groups excluding carboxylic acids is 2. The van der Waals surface area contributed by atoms with E-state index in [4.69, 9.17) is 4.74 Å². The smallest absolute Gasteiger partial charge is 0.227 e. The van der Waals surface area contributed by atoms with Crippen molar-refractivity contribution in [3.63, 3.8) is 0 Å². The van der Waals surface area contributed by atoms with Crippen molar-refractivity contribution in [2.45, 2.75) is 32.2 Å². The highest BCUT2D eigenvalue weighted by molar-refractivity contribution is 5.88. The van der Waals surface area contributed by atoms with Gasteiger partial charge < -0.3 is 15.0 Å². The Kier molecular flexibility index (Phi) is 5.56. The molecule has 2 amide bonds. The molecule has 0 bridgehead atoms. The SMILES string of the molecule is COc1cccc(C2CCCN2C(=O)Cc2ccc(NC(C)=O)cc2)c1. The van der Waals surface area contributed by atoms with Crippen LogP contribution in [-0.2, 0) is 16.0 Å². The summed E-state index contributed by atoms with van der Waals surface area (Å²) >= 11 is 0. The first-order valence-electron chi connectivity index (χ1n) is 8.87. The fourth-order valence-corrected chi connectivity index (χ4v) is 3.45. The van der Waals surface area contributed by atoms with E-state index in [0.717, 1.165) is 42.0 Å². The van der Waals surface area contributed by atoms with Crippen LogP contribution in [0.5, 0.6) is 5.75 Å². The van der Waals surface area contributed by atoms with Crippen molar-refractivity contribution >= 4 is 17.5 Å². The standard InChI is InChI=1S/C21H24N2O3/c1-15(24)22-18-10-8-16(9-11-18)13-21(25)23-12-4-7-20(23)17-5-3-6-19(14-17)26-2/h3,5-6,8-11,14,20H,4,7,12-13H2,1-2H3,(H,22,24). The Bertz CT molecular complexity index is 786. The molecule has 2 aromatic rings. The number of methoxy groups -OCH3 is 1. The van der Waals surface area contributed by atoms with Crippen molar-refractivity contribution in [3.8, 4) is 5.75 Å². The van der Waals surface area contributed by atoms with Crippen molar-refractivity contribution in [2.75, 3.05) is 19.0 Å². The second-order valence-electron chi connectivity index (χ2n) is 6.58. The molecule has 1 atom stereocenters. The largest absolute Gasteiger partial charge is 0.497 e. The first kappa shape index (κ1) is 18.0. The molecule has 26 heavy (non-hydrogen) atoms. The van der Waals surface area contributed by atoms with E-state index in [1.165, 1.54) is 6.92 Å². The summed E-state index contributed by atoms with van der Waals surface area (Å²) in [6.07, 6.45) is 2.34. The van der Waals surface area contributed by atoms with E-state index in [1.54, 1.807) is 7.11 Å². The fourth-order valence-electron chi connectivity index (χ4n) is 3.45. The minimum atomic E-state index is -0.105. The molecule has 1 fully saturated rings. The van der Waals surface area contributed by atoms with Gasteiger partial charge in [-0.2, -0.15) is 0 Å². The van der Waals surface area contributed by atoms with Crippen molar-refractivity contribution in [3.05, 3.63) is 59.7 Å². The van der Waals surface area contributed by atoms with Crippen LogP contribution in [0.15, 0.2) is 48.5 Å². The lowest BCUT2D eigenvalue weighted by Gasteiger charge is -2.25. The molecule has 136 valence electrons. The number of likely N-dealkylation sites (tertiary alicyclic amines) is 1. The summed E-state index contributed by atoms with van der Waals surface area (Å²) in [6, 6.07) is 15.5. The highest BCUT2D eigenvalue weighted by Gasteiger charge is 2.29. The van der Waals surface area contributed by atoms with Gasteiger partial charge in [0.15, 0.2) is 0 Å². The molecule has 0 saturated carbocycles. The van der Waals surface area contributed by atoms with Crippen LogP contribution >= 0.6 is 0 Å². The summed E-state index contributed by atoms with van der Waals surface area (Å²) in [5, 5.41) is 2.73. The molecule has 1 unspecified atom stereocenters. The normalized spacial score (nSPS) is 16.4. The first-order chi connectivity index (χ1) is 12.6. The predicted molar refractivity (Wildman–Crippen MR) is 101 cm³/mol. The molecule has 1 aliphatic rings. The zero-order chi connectivity index (χ0) is 18.5. The van der Waals surface area contributed by atoms with Crippen LogP contribution in [0.1, 0.15) is 36.9 Å². The average molecular weight is 352 g/mol. The lowest BCUT2D eigenvalue weighted by atomic mass is 10.0. The lowest BCUT2D eigenvalue weighted by Crippen LogP contribution is -2.31. The van der Waals surface area contributed by atoms with E-state index in [2.05, 4.69) is 11.4 Å². The maximum absolute atomic E-state index is 12.8. The van der Waals surface area contributed by atoms with Gasteiger partial charge in [-0.15, -0.1) is 0 Å². The molecular formula is C21H24N2O3. The monoisotopic (exact) mass is 352 g/mol. The average Bonchev–Trinajstić information content (AvgIpc) is 3.13. The van der Waals surface area contributed by atoms with Gasteiger partial charge in [-0.05, 0) is 48.2 Å². The van der Waals surface area contributed by atoms with Crippen LogP contribution in [0.3, 0.4) is 0 Å². The summed E-state index contributed by atoms with van der Waals surface area (Å²) in [6.45, 7) is 2.26. The van der Waals surface area contributed by atoms with Gasteiger partial charge >= 0.3 is 0 Å². The molecule has 3 rings (SSSR count). The van der Waals surface area contributed by atoms with Crippen molar-refractivity contribution in [1.82, 2.24) is 4.90 Å². The highest BCUT2D eigenvalue weighted by atomic mass is 16.5. The van der Waals surface area contributed by atoms with Gasteiger partial charge in [0.2, 0.25) is 11.8 Å². The predicted octanol–water partition coefficient (Wildman–Crippen LogP) is 3.56.